The molecule has 0 spiro atoms. The number of nitrogens with two attached hydrogens (primary N) is 1. The normalized spacial score (nSPS) is 10.4. The summed E-state index contributed by atoms with van der Waals surface area (Å²) in [6, 6.07) is 7.84. The predicted octanol–water partition coefficient (Wildman–Crippen LogP) is 2.47. The van der Waals surface area contributed by atoms with E-state index in [0.29, 0.717) is 13.1 Å². The second kappa shape index (κ2) is 5.14. The van der Waals surface area contributed by atoms with Crippen LogP contribution in [-0.4, -0.2) is 18.2 Å². The van der Waals surface area contributed by atoms with Gasteiger partial charge in [-0.25, -0.2) is 0 Å². The highest BCUT2D eigenvalue weighted by molar-refractivity contribution is 9.10. The molecule has 0 aliphatic heterocycles. The summed E-state index contributed by atoms with van der Waals surface area (Å²) in [5.41, 5.74) is 7.27. The molecule has 3 N–H and O–H groups in total. The van der Waals surface area contributed by atoms with Gasteiger partial charge in [0.2, 0.25) is 0 Å². The summed E-state index contributed by atoms with van der Waals surface area (Å²) in [4.78, 5) is 0. The summed E-state index contributed by atoms with van der Waals surface area (Å²) >= 11 is 3.48. The first-order valence-corrected chi connectivity index (χ1v) is 5.75. The third-order valence-corrected chi connectivity index (χ3v) is 2.84. The van der Waals surface area contributed by atoms with Gasteiger partial charge in [-0.2, -0.15) is 0 Å². The van der Waals surface area contributed by atoms with Gasteiger partial charge in [0.05, 0.1) is 6.20 Å². The van der Waals surface area contributed by atoms with Crippen molar-refractivity contribution in [3.63, 3.8) is 0 Å². The van der Waals surface area contributed by atoms with Crippen LogP contribution in [0.25, 0.3) is 11.3 Å². The minimum absolute atomic E-state index is 0.570. The Labute approximate surface area is 102 Å². The lowest BCUT2D eigenvalue weighted by Gasteiger charge is -2.04. The Bertz CT molecular complexity index is 470. The fourth-order valence-electron chi connectivity index (χ4n) is 1.41. The molecule has 0 bridgehead atoms. The van der Waals surface area contributed by atoms with E-state index in [4.69, 9.17) is 10.3 Å². The van der Waals surface area contributed by atoms with Crippen LogP contribution in [0.15, 0.2) is 39.5 Å². The number of hydrogen-bond acceptors (Lipinski definition) is 4. The lowest BCUT2D eigenvalue weighted by Crippen LogP contribution is -2.13. The Morgan fingerprint density at radius 3 is 2.94 bits per heavy atom. The number of aromatic nitrogens is 1. The zero-order chi connectivity index (χ0) is 11.4. The molecule has 1 aromatic heterocycles. The van der Waals surface area contributed by atoms with Crippen LogP contribution in [0.5, 0.6) is 0 Å². The van der Waals surface area contributed by atoms with Crippen molar-refractivity contribution in [1.29, 1.82) is 0 Å². The van der Waals surface area contributed by atoms with Crippen molar-refractivity contribution in [1.82, 2.24) is 5.16 Å². The van der Waals surface area contributed by atoms with Gasteiger partial charge in [-0.15, -0.1) is 0 Å². The molecular weight excluding hydrogens is 270 g/mol. The Hall–Kier alpha value is -1.33. The number of halogens is 1. The first kappa shape index (κ1) is 11.2. The van der Waals surface area contributed by atoms with Gasteiger partial charge in [0.25, 0.3) is 0 Å². The van der Waals surface area contributed by atoms with Crippen LogP contribution in [0.1, 0.15) is 0 Å². The highest BCUT2D eigenvalue weighted by atomic mass is 79.9. The van der Waals surface area contributed by atoms with Crippen molar-refractivity contribution in [3.05, 3.63) is 34.9 Å². The van der Waals surface area contributed by atoms with Crippen molar-refractivity contribution in [2.24, 2.45) is 5.73 Å². The Morgan fingerprint density at radius 2 is 2.19 bits per heavy atom. The molecule has 0 aliphatic rings. The summed E-state index contributed by atoms with van der Waals surface area (Å²) < 4.78 is 6.22. The van der Waals surface area contributed by atoms with Gasteiger partial charge >= 0.3 is 0 Å². The zero-order valence-corrected chi connectivity index (χ0v) is 10.2. The van der Waals surface area contributed by atoms with Crippen LogP contribution < -0.4 is 11.1 Å². The van der Waals surface area contributed by atoms with Crippen molar-refractivity contribution in [3.8, 4) is 11.3 Å². The van der Waals surface area contributed by atoms with Crippen LogP contribution in [0.4, 0.5) is 5.69 Å². The molecule has 1 heterocycles. The molecule has 0 aliphatic carbocycles. The number of hydrogen-bond donors (Lipinski definition) is 2. The number of benzene rings is 1. The molecule has 1 aromatic carbocycles. The zero-order valence-electron chi connectivity index (χ0n) is 8.61. The van der Waals surface area contributed by atoms with Crippen LogP contribution >= 0.6 is 15.9 Å². The average Bonchev–Trinajstić information content (AvgIpc) is 2.75. The van der Waals surface area contributed by atoms with Crippen molar-refractivity contribution in [2.45, 2.75) is 0 Å². The summed E-state index contributed by atoms with van der Waals surface area (Å²) in [5.74, 6) is 0.723. The molecule has 0 amide bonds. The largest absolute Gasteiger partial charge is 0.379 e. The Kier molecular flexibility index (Phi) is 3.58. The van der Waals surface area contributed by atoms with Gasteiger partial charge < -0.3 is 15.6 Å². The van der Waals surface area contributed by atoms with Crippen LogP contribution in [0.3, 0.4) is 0 Å². The molecule has 0 atom stereocenters. The molecule has 0 saturated heterocycles. The van der Waals surface area contributed by atoms with Gasteiger partial charge in [0.1, 0.15) is 5.69 Å². The molecule has 4 nitrogen and oxygen atoms in total. The molecule has 16 heavy (non-hydrogen) atoms. The third kappa shape index (κ3) is 2.25. The maximum absolute atomic E-state index is 5.44. The lowest BCUT2D eigenvalue weighted by atomic mass is 10.1. The van der Waals surface area contributed by atoms with E-state index in [0.717, 1.165) is 21.5 Å². The van der Waals surface area contributed by atoms with Gasteiger partial charge in [0.15, 0.2) is 5.76 Å². The Balaban J connectivity index is 2.33. The lowest BCUT2D eigenvalue weighted by molar-refractivity contribution is 0.432. The number of rotatable bonds is 4. The van der Waals surface area contributed by atoms with E-state index < -0.39 is 0 Å². The van der Waals surface area contributed by atoms with Crippen molar-refractivity contribution in [2.75, 3.05) is 18.4 Å². The molecule has 5 heteroatoms. The number of nitrogens with zero attached hydrogens (tertiary/aromatic N) is 1. The first-order chi connectivity index (χ1) is 7.83. The smallest absolute Gasteiger partial charge is 0.191 e. The summed E-state index contributed by atoms with van der Waals surface area (Å²) in [6.07, 6.45) is 1.66. The molecule has 0 radical (unpaired) electrons. The second-order valence-electron chi connectivity index (χ2n) is 3.26. The third-order valence-electron chi connectivity index (χ3n) is 2.15. The van der Waals surface area contributed by atoms with Crippen LogP contribution in [0.2, 0.25) is 0 Å². The van der Waals surface area contributed by atoms with Crippen LogP contribution in [0, 0.1) is 0 Å². The van der Waals surface area contributed by atoms with Crippen LogP contribution in [-0.2, 0) is 0 Å². The maximum Gasteiger partial charge on any atom is 0.191 e. The number of anilines is 1. The monoisotopic (exact) mass is 281 g/mol. The Morgan fingerprint density at radius 1 is 1.38 bits per heavy atom. The fourth-order valence-corrected chi connectivity index (χ4v) is 1.88. The first-order valence-electron chi connectivity index (χ1n) is 4.96. The minimum Gasteiger partial charge on any atom is -0.379 e. The SMILES string of the molecule is NCCNc1cnoc1-c1ccccc1Br. The summed E-state index contributed by atoms with van der Waals surface area (Å²) in [5, 5.41) is 6.96. The van der Waals surface area contributed by atoms with Crippen molar-refractivity contribution < 1.29 is 4.52 Å². The molecule has 0 unspecified atom stereocenters. The molecule has 2 rings (SSSR count). The van der Waals surface area contributed by atoms with E-state index in [9.17, 15) is 0 Å². The van der Waals surface area contributed by atoms with Gasteiger partial charge in [0, 0.05) is 23.1 Å². The number of nitrogens with one attached hydrogen (secondary N) is 1. The van der Waals surface area contributed by atoms with Gasteiger partial charge in [-0.3, -0.25) is 0 Å². The van der Waals surface area contributed by atoms with Gasteiger partial charge in [-0.05, 0) is 12.1 Å². The molecule has 0 fully saturated rings. The van der Waals surface area contributed by atoms with E-state index in [1.54, 1.807) is 6.20 Å². The quantitative estimate of drug-likeness (QED) is 0.904. The molecule has 0 saturated carbocycles. The summed E-state index contributed by atoms with van der Waals surface area (Å²) in [6.45, 7) is 1.26. The highest BCUT2D eigenvalue weighted by Gasteiger charge is 2.12. The van der Waals surface area contributed by atoms with Gasteiger partial charge in [-0.1, -0.05) is 33.2 Å². The molecule has 2 aromatic rings. The topological polar surface area (TPSA) is 64.1 Å². The van der Waals surface area contributed by atoms with E-state index in [2.05, 4.69) is 26.4 Å². The standard InChI is InChI=1S/C11H12BrN3O/c12-9-4-2-1-3-8(9)11-10(7-15-16-11)14-6-5-13/h1-4,7,14H,5-6,13H2. The predicted molar refractivity (Wildman–Crippen MR) is 67.2 cm³/mol. The second-order valence-corrected chi connectivity index (χ2v) is 4.12. The van der Waals surface area contributed by atoms with E-state index in [-0.39, 0.29) is 0 Å². The van der Waals surface area contributed by atoms with E-state index in [1.165, 1.54) is 0 Å². The molecular formula is C11H12BrN3O. The van der Waals surface area contributed by atoms with E-state index in [1.807, 2.05) is 24.3 Å². The molecule has 84 valence electrons. The average molecular weight is 282 g/mol. The summed E-state index contributed by atoms with van der Waals surface area (Å²) in [7, 11) is 0. The minimum atomic E-state index is 0.570. The van der Waals surface area contributed by atoms with E-state index >= 15 is 0 Å². The highest BCUT2D eigenvalue weighted by Crippen LogP contribution is 2.33. The maximum atomic E-state index is 5.44. The van der Waals surface area contributed by atoms with Crippen molar-refractivity contribution >= 4 is 21.6 Å². The fraction of sp³-hybridized carbons (Fsp3) is 0.182.